The van der Waals surface area contributed by atoms with Crippen molar-refractivity contribution in [1.29, 1.82) is 0 Å². The summed E-state index contributed by atoms with van der Waals surface area (Å²) in [7, 11) is 1.71. The fourth-order valence-electron chi connectivity index (χ4n) is 3.12. The van der Waals surface area contributed by atoms with Crippen molar-refractivity contribution >= 4 is 29.2 Å². The van der Waals surface area contributed by atoms with Crippen LogP contribution in [0.15, 0.2) is 70.1 Å². The molecule has 2 aromatic heterocycles. The highest BCUT2D eigenvalue weighted by Crippen LogP contribution is 2.32. The molecule has 158 valence electrons. The number of rotatable bonds is 7. The first-order valence-corrected chi connectivity index (χ1v) is 9.86. The average molecular weight is 438 g/mol. The van der Waals surface area contributed by atoms with E-state index in [0.717, 1.165) is 16.7 Å². The number of oxazole rings is 2. The van der Waals surface area contributed by atoms with Gasteiger partial charge < -0.3 is 24.8 Å². The summed E-state index contributed by atoms with van der Waals surface area (Å²) in [6.45, 7) is 0.376. The molecule has 31 heavy (non-hydrogen) atoms. The molecule has 0 saturated carbocycles. The number of hydrogen-bond donors (Lipinski definition) is 2. The van der Waals surface area contributed by atoms with Gasteiger partial charge in [-0.2, -0.15) is 0 Å². The van der Waals surface area contributed by atoms with E-state index in [1.165, 1.54) is 6.39 Å². The summed E-state index contributed by atoms with van der Waals surface area (Å²) in [5, 5.41) is 3.61. The third-order valence-electron chi connectivity index (χ3n) is 4.71. The standard InChI is InChI=1S/C22H20ClN5O3/c1-28(21(29)9-24)12-14-4-2-3-5-16(14)20-11-26-22(31-20)27-15-6-7-17(18(23)8-15)19-10-25-13-30-19/h2-8,10-11,13H,9,12,24H2,1H3,(H,26,27). The summed E-state index contributed by atoms with van der Waals surface area (Å²) >= 11 is 6.37. The lowest BCUT2D eigenvalue weighted by molar-refractivity contribution is -0.128. The molecule has 0 radical (unpaired) electrons. The Morgan fingerprint density at radius 1 is 1.16 bits per heavy atom. The first kappa shape index (κ1) is 20.6. The van der Waals surface area contributed by atoms with E-state index >= 15 is 0 Å². The number of carbonyl (C=O) groups excluding carboxylic acids is 1. The van der Waals surface area contributed by atoms with Gasteiger partial charge >= 0.3 is 0 Å². The van der Waals surface area contributed by atoms with Gasteiger partial charge in [-0.15, -0.1) is 0 Å². The van der Waals surface area contributed by atoms with E-state index < -0.39 is 0 Å². The van der Waals surface area contributed by atoms with Gasteiger partial charge in [0.15, 0.2) is 17.9 Å². The minimum atomic E-state index is -0.139. The second-order valence-corrected chi connectivity index (χ2v) is 7.23. The molecule has 2 heterocycles. The SMILES string of the molecule is CN(Cc1ccccc1-c1cnc(Nc2ccc(-c3cnco3)c(Cl)c2)o1)C(=O)CN. The van der Waals surface area contributed by atoms with Crippen LogP contribution in [0.5, 0.6) is 0 Å². The van der Waals surface area contributed by atoms with Crippen LogP contribution in [0.3, 0.4) is 0 Å². The van der Waals surface area contributed by atoms with Crippen molar-refractivity contribution in [3.05, 3.63) is 71.8 Å². The van der Waals surface area contributed by atoms with Crippen molar-refractivity contribution in [3.63, 3.8) is 0 Å². The normalized spacial score (nSPS) is 10.8. The smallest absolute Gasteiger partial charge is 0.299 e. The molecular weight excluding hydrogens is 418 g/mol. The lowest BCUT2D eigenvalue weighted by Gasteiger charge is -2.17. The molecule has 4 aromatic rings. The zero-order valence-corrected chi connectivity index (χ0v) is 17.5. The number of nitrogens with one attached hydrogen (secondary N) is 1. The number of halogens is 1. The number of aromatic nitrogens is 2. The van der Waals surface area contributed by atoms with Crippen LogP contribution in [0.1, 0.15) is 5.56 Å². The van der Waals surface area contributed by atoms with Crippen molar-refractivity contribution in [1.82, 2.24) is 14.9 Å². The highest BCUT2D eigenvalue weighted by molar-refractivity contribution is 6.33. The van der Waals surface area contributed by atoms with Crippen LogP contribution in [0.4, 0.5) is 11.7 Å². The van der Waals surface area contributed by atoms with Crippen molar-refractivity contribution < 1.29 is 13.6 Å². The first-order chi connectivity index (χ1) is 15.0. The topological polar surface area (TPSA) is 110 Å². The molecule has 0 saturated heterocycles. The van der Waals surface area contributed by atoms with E-state index in [-0.39, 0.29) is 12.5 Å². The van der Waals surface area contributed by atoms with E-state index in [1.807, 2.05) is 36.4 Å². The van der Waals surface area contributed by atoms with Crippen LogP contribution < -0.4 is 11.1 Å². The molecule has 9 heteroatoms. The number of nitrogens with two attached hydrogens (primary N) is 1. The van der Waals surface area contributed by atoms with E-state index in [4.69, 9.17) is 26.2 Å². The van der Waals surface area contributed by atoms with Gasteiger partial charge in [0.05, 0.1) is 24.0 Å². The molecule has 0 aliphatic heterocycles. The molecule has 2 aromatic carbocycles. The lowest BCUT2D eigenvalue weighted by atomic mass is 10.1. The Hall–Kier alpha value is -3.62. The van der Waals surface area contributed by atoms with E-state index in [9.17, 15) is 4.79 Å². The van der Waals surface area contributed by atoms with Crippen molar-refractivity contribution in [2.75, 3.05) is 18.9 Å². The molecular formula is C22H20ClN5O3. The number of amides is 1. The van der Waals surface area contributed by atoms with Crippen molar-refractivity contribution in [2.45, 2.75) is 6.54 Å². The second kappa shape index (κ2) is 9.03. The number of anilines is 2. The third kappa shape index (κ3) is 4.60. The van der Waals surface area contributed by atoms with E-state index in [2.05, 4.69) is 15.3 Å². The Kier molecular flexibility index (Phi) is 6.01. The molecule has 0 unspecified atom stereocenters. The Balaban J connectivity index is 1.53. The third-order valence-corrected chi connectivity index (χ3v) is 5.03. The summed E-state index contributed by atoms with van der Waals surface area (Å²) < 4.78 is 11.2. The molecule has 0 bridgehead atoms. The maximum Gasteiger partial charge on any atom is 0.299 e. The molecule has 4 rings (SSSR count). The van der Waals surface area contributed by atoms with Crippen LogP contribution in [-0.2, 0) is 11.3 Å². The fraction of sp³-hybridized carbons (Fsp3) is 0.136. The summed E-state index contributed by atoms with van der Waals surface area (Å²) in [5.41, 5.74) is 8.67. The highest BCUT2D eigenvalue weighted by atomic mass is 35.5. The predicted molar refractivity (Wildman–Crippen MR) is 118 cm³/mol. The van der Waals surface area contributed by atoms with Gasteiger partial charge in [0.2, 0.25) is 5.91 Å². The Bertz CT molecular complexity index is 1190. The maximum atomic E-state index is 11.8. The second-order valence-electron chi connectivity index (χ2n) is 6.83. The molecule has 8 nitrogen and oxygen atoms in total. The molecule has 0 aliphatic rings. The van der Waals surface area contributed by atoms with Crippen LogP contribution in [-0.4, -0.2) is 34.4 Å². The van der Waals surface area contributed by atoms with Crippen LogP contribution in [0.25, 0.3) is 22.6 Å². The molecule has 3 N–H and O–H groups in total. The minimum absolute atomic E-state index is 0.0349. The van der Waals surface area contributed by atoms with Gasteiger partial charge in [0, 0.05) is 30.4 Å². The van der Waals surface area contributed by atoms with Crippen molar-refractivity contribution in [3.8, 4) is 22.6 Å². The number of nitrogens with zero attached hydrogens (tertiary/aromatic N) is 3. The summed E-state index contributed by atoms with van der Waals surface area (Å²) in [6.07, 6.45) is 4.59. The van der Waals surface area contributed by atoms with Crippen molar-refractivity contribution in [2.24, 2.45) is 5.73 Å². The van der Waals surface area contributed by atoms with E-state index in [0.29, 0.717) is 34.8 Å². The monoisotopic (exact) mass is 437 g/mol. The number of hydrogen-bond acceptors (Lipinski definition) is 7. The van der Waals surface area contributed by atoms with Gasteiger partial charge in [0.25, 0.3) is 6.01 Å². The Morgan fingerprint density at radius 2 is 2.00 bits per heavy atom. The molecule has 0 aliphatic carbocycles. The largest absolute Gasteiger partial charge is 0.443 e. The predicted octanol–water partition coefficient (Wildman–Crippen LogP) is 4.31. The van der Waals surface area contributed by atoms with E-state index in [1.54, 1.807) is 30.4 Å². The minimum Gasteiger partial charge on any atom is -0.443 e. The fourth-order valence-corrected chi connectivity index (χ4v) is 3.39. The van der Waals surface area contributed by atoms with Gasteiger partial charge in [-0.1, -0.05) is 35.9 Å². The zero-order chi connectivity index (χ0) is 21.8. The van der Waals surface area contributed by atoms with Gasteiger partial charge in [-0.05, 0) is 23.8 Å². The summed E-state index contributed by atoms with van der Waals surface area (Å²) in [4.78, 5) is 21.6. The summed E-state index contributed by atoms with van der Waals surface area (Å²) in [5.74, 6) is 1.03. The van der Waals surface area contributed by atoms with Gasteiger partial charge in [-0.3, -0.25) is 4.79 Å². The van der Waals surface area contributed by atoms with Crippen LogP contribution in [0, 0.1) is 0 Å². The molecule has 0 fully saturated rings. The number of carbonyl (C=O) groups is 1. The van der Waals surface area contributed by atoms with Crippen LogP contribution >= 0.6 is 11.6 Å². The lowest BCUT2D eigenvalue weighted by Crippen LogP contribution is -2.32. The van der Waals surface area contributed by atoms with Gasteiger partial charge in [-0.25, -0.2) is 9.97 Å². The first-order valence-electron chi connectivity index (χ1n) is 9.48. The molecule has 1 amide bonds. The Labute approximate surface area is 183 Å². The molecule has 0 atom stereocenters. The quantitative estimate of drug-likeness (QED) is 0.443. The molecule has 0 spiro atoms. The van der Waals surface area contributed by atoms with Gasteiger partial charge in [0.1, 0.15) is 0 Å². The summed E-state index contributed by atoms with van der Waals surface area (Å²) in [6, 6.07) is 13.4. The van der Waals surface area contributed by atoms with Crippen LogP contribution in [0.2, 0.25) is 5.02 Å². The number of benzene rings is 2. The Morgan fingerprint density at radius 3 is 2.74 bits per heavy atom. The maximum absolute atomic E-state index is 11.8. The highest BCUT2D eigenvalue weighted by Gasteiger charge is 2.15. The average Bonchev–Trinajstić information content (AvgIpc) is 3.46. The number of likely N-dealkylation sites (N-methyl/N-ethyl adjacent to an activating group) is 1. The zero-order valence-electron chi connectivity index (χ0n) is 16.7.